The van der Waals surface area contributed by atoms with Crippen LogP contribution in [-0.2, 0) is 4.65 Å². The molecule has 0 saturated heterocycles. The maximum absolute atomic E-state index is 13.1. The van der Waals surface area contributed by atoms with Crippen LogP contribution in [0.15, 0.2) is 128 Å². The Morgan fingerprint density at radius 2 is 1.06 bits per heavy atom. The number of carbonyl (C=O) groups excluding carboxylic acids is 1. The van der Waals surface area contributed by atoms with Gasteiger partial charge >= 0.3 is 6.92 Å². The summed E-state index contributed by atoms with van der Waals surface area (Å²) in [5, 5.41) is 0. The second kappa shape index (κ2) is 11.0. The molecule has 164 valence electrons. The number of hydrogen-bond donors (Lipinski definition) is 0. The fourth-order valence-electron chi connectivity index (χ4n) is 3.66. The minimum absolute atomic E-state index is 0.109. The van der Waals surface area contributed by atoms with Crippen LogP contribution in [0.5, 0.6) is 0 Å². The van der Waals surface area contributed by atoms with E-state index in [1.165, 1.54) is 0 Å². The largest absolute Gasteiger partial charge is 0.551 e. The Morgan fingerprint density at radius 3 is 1.50 bits per heavy atom. The van der Waals surface area contributed by atoms with Crippen LogP contribution in [0.25, 0.3) is 17.9 Å². The molecule has 0 bridgehead atoms. The van der Waals surface area contributed by atoms with E-state index in [9.17, 15) is 4.79 Å². The SMILES string of the molecule is C=Cc1ccc(B(O/C(=C\C(=O)c2ccccc2)c2ccccc2)c2ccc(C=C)cc2)cc1. The van der Waals surface area contributed by atoms with Crippen LogP contribution in [0.4, 0.5) is 0 Å². The molecule has 0 aliphatic rings. The summed E-state index contributed by atoms with van der Waals surface area (Å²) in [4.78, 5) is 13.1. The minimum atomic E-state index is -0.409. The standard InChI is InChI=1S/C31H25BO2/c1-3-24-15-19-28(20-16-24)32(29-21-17-25(4-2)18-22-29)34-31(27-13-9-6-10-14-27)23-30(33)26-11-7-5-8-12-26/h3-23H,1-2H2/b31-23-. The van der Waals surface area contributed by atoms with Crippen LogP contribution in [0.1, 0.15) is 27.0 Å². The summed E-state index contributed by atoms with van der Waals surface area (Å²) in [5.74, 6) is 0.405. The number of hydrogen-bond acceptors (Lipinski definition) is 2. The van der Waals surface area contributed by atoms with E-state index in [2.05, 4.69) is 13.2 Å². The maximum atomic E-state index is 13.1. The van der Waals surface area contributed by atoms with Crippen molar-refractivity contribution in [3.63, 3.8) is 0 Å². The fourth-order valence-corrected chi connectivity index (χ4v) is 3.66. The van der Waals surface area contributed by atoms with E-state index >= 15 is 0 Å². The molecule has 2 nitrogen and oxygen atoms in total. The average molecular weight is 440 g/mol. The first-order chi connectivity index (χ1) is 16.7. The highest BCUT2D eigenvalue weighted by atomic mass is 16.4. The smallest absolute Gasteiger partial charge is 0.426 e. The van der Waals surface area contributed by atoms with Gasteiger partial charge in [0, 0.05) is 17.2 Å². The van der Waals surface area contributed by atoms with Gasteiger partial charge in [-0.05, 0) is 22.1 Å². The number of rotatable bonds is 9. The summed E-state index contributed by atoms with van der Waals surface area (Å²) >= 11 is 0. The Morgan fingerprint density at radius 1 is 0.618 bits per heavy atom. The zero-order chi connectivity index (χ0) is 23.8. The number of carbonyl (C=O) groups is 1. The summed E-state index contributed by atoms with van der Waals surface area (Å²) in [7, 11) is 0. The normalized spacial score (nSPS) is 10.9. The molecule has 0 radical (unpaired) electrons. The van der Waals surface area contributed by atoms with E-state index in [0.717, 1.165) is 27.6 Å². The first kappa shape index (κ1) is 22.8. The molecule has 0 N–H and O–H groups in total. The van der Waals surface area contributed by atoms with Crippen molar-refractivity contribution in [2.75, 3.05) is 0 Å². The Bertz CT molecular complexity index is 1240. The van der Waals surface area contributed by atoms with Crippen LogP contribution in [0.2, 0.25) is 0 Å². The van der Waals surface area contributed by atoms with Gasteiger partial charge in [0.05, 0.1) is 0 Å². The molecule has 0 saturated carbocycles. The molecule has 0 aliphatic heterocycles. The van der Waals surface area contributed by atoms with Crippen molar-refractivity contribution in [1.82, 2.24) is 0 Å². The summed E-state index contributed by atoms with van der Waals surface area (Å²) in [6.45, 7) is 7.28. The first-order valence-electron chi connectivity index (χ1n) is 11.2. The van der Waals surface area contributed by atoms with Crippen molar-refractivity contribution >= 4 is 41.5 Å². The highest BCUT2D eigenvalue weighted by Crippen LogP contribution is 2.19. The predicted octanol–water partition coefficient (Wildman–Crippen LogP) is 6.02. The van der Waals surface area contributed by atoms with Crippen LogP contribution < -0.4 is 10.9 Å². The maximum Gasteiger partial charge on any atom is 0.426 e. The molecular weight excluding hydrogens is 415 g/mol. The zero-order valence-corrected chi connectivity index (χ0v) is 18.9. The molecule has 0 atom stereocenters. The van der Waals surface area contributed by atoms with Crippen LogP contribution in [0.3, 0.4) is 0 Å². The van der Waals surface area contributed by atoms with Crippen LogP contribution in [0, 0.1) is 0 Å². The molecule has 0 fully saturated rings. The summed E-state index contributed by atoms with van der Waals surface area (Å²) < 4.78 is 6.64. The van der Waals surface area contributed by atoms with Gasteiger partial charge in [0.25, 0.3) is 0 Å². The molecule has 0 aliphatic carbocycles. The first-order valence-corrected chi connectivity index (χ1v) is 11.2. The van der Waals surface area contributed by atoms with Gasteiger partial charge < -0.3 is 4.65 Å². The van der Waals surface area contributed by atoms with E-state index in [1.807, 2.05) is 109 Å². The molecule has 0 amide bonds. The molecule has 0 unspecified atom stereocenters. The topological polar surface area (TPSA) is 26.3 Å². The Hall–Kier alpha value is -4.37. The van der Waals surface area contributed by atoms with Crippen LogP contribution >= 0.6 is 0 Å². The van der Waals surface area contributed by atoms with Gasteiger partial charge in [0.1, 0.15) is 5.76 Å². The third-order valence-corrected chi connectivity index (χ3v) is 5.57. The molecule has 34 heavy (non-hydrogen) atoms. The van der Waals surface area contributed by atoms with E-state index in [1.54, 1.807) is 18.2 Å². The molecule has 0 heterocycles. The van der Waals surface area contributed by atoms with E-state index in [4.69, 9.17) is 4.65 Å². The molecule has 4 aromatic rings. The quantitative estimate of drug-likeness (QED) is 0.138. The molecular formula is C31H25BO2. The highest BCUT2D eigenvalue weighted by molar-refractivity contribution is 6.80. The van der Waals surface area contributed by atoms with Gasteiger partial charge in [0.2, 0.25) is 0 Å². The lowest BCUT2D eigenvalue weighted by atomic mass is 9.55. The van der Waals surface area contributed by atoms with Gasteiger partial charge in [-0.25, -0.2) is 0 Å². The summed E-state index contributed by atoms with van der Waals surface area (Å²) in [6, 6.07) is 35.1. The van der Waals surface area contributed by atoms with Gasteiger partial charge in [-0.1, -0.05) is 135 Å². The van der Waals surface area contributed by atoms with Crippen molar-refractivity contribution in [2.45, 2.75) is 0 Å². The third-order valence-electron chi connectivity index (χ3n) is 5.57. The van der Waals surface area contributed by atoms with E-state index < -0.39 is 6.92 Å². The monoisotopic (exact) mass is 440 g/mol. The van der Waals surface area contributed by atoms with Crippen molar-refractivity contribution < 1.29 is 9.45 Å². The Kier molecular flexibility index (Phi) is 7.37. The van der Waals surface area contributed by atoms with E-state index in [0.29, 0.717) is 11.3 Å². The lowest BCUT2D eigenvalue weighted by molar-refractivity contribution is 0.104. The molecule has 0 aromatic heterocycles. The second-order valence-electron chi connectivity index (χ2n) is 7.84. The molecule has 0 spiro atoms. The number of allylic oxidation sites excluding steroid dienone is 1. The highest BCUT2D eigenvalue weighted by Gasteiger charge is 2.25. The summed E-state index contributed by atoms with van der Waals surface area (Å²) in [6.07, 6.45) is 5.20. The van der Waals surface area contributed by atoms with Gasteiger partial charge in [-0.15, -0.1) is 0 Å². The molecule has 4 rings (SSSR count). The van der Waals surface area contributed by atoms with Crippen LogP contribution in [-0.4, -0.2) is 12.7 Å². The lowest BCUT2D eigenvalue weighted by Crippen LogP contribution is -2.44. The van der Waals surface area contributed by atoms with Crippen molar-refractivity contribution in [2.24, 2.45) is 0 Å². The minimum Gasteiger partial charge on any atom is -0.551 e. The van der Waals surface area contributed by atoms with Gasteiger partial charge in [-0.2, -0.15) is 0 Å². The Balaban J connectivity index is 1.78. The zero-order valence-electron chi connectivity index (χ0n) is 18.9. The van der Waals surface area contributed by atoms with Crippen molar-refractivity contribution in [1.29, 1.82) is 0 Å². The third kappa shape index (κ3) is 5.51. The molecule has 3 heteroatoms. The van der Waals surface area contributed by atoms with Crippen molar-refractivity contribution in [3.8, 4) is 0 Å². The lowest BCUT2D eigenvalue weighted by Gasteiger charge is -2.20. The van der Waals surface area contributed by atoms with Gasteiger partial charge in [-0.3, -0.25) is 4.79 Å². The van der Waals surface area contributed by atoms with Crippen molar-refractivity contribution in [3.05, 3.63) is 151 Å². The predicted molar refractivity (Wildman–Crippen MR) is 144 cm³/mol. The van der Waals surface area contributed by atoms with Gasteiger partial charge in [0.15, 0.2) is 5.78 Å². The Labute approximate surface area is 201 Å². The number of benzene rings is 4. The summed E-state index contributed by atoms with van der Waals surface area (Å²) in [5.41, 5.74) is 5.46. The molecule has 4 aromatic carbocycles. The average Bonchev–Trinajstić information content (AvgIpc) is 2.92. The number of ketones is 1. The fraction of sp³-hybridized carbons (Fsp3) is 0. The van der Waals surface area contributed by atoms with E-state index in [-0.39, 0.29) is 5.78 Å². The second-order valence-corrected chi connectivity index (χ2v) is 7.84.